The SMILES string of the molecule is CCN(Cc1ccccc1)c1ccc(/C=C(\C#N)C(=O)c2c(C)[nH]c3ccccc23)cc1. The Morgan fingerprint density at radius 1 is 1.00 bits per heavy atom. The minimum atomic E-state index is -0.259. The Morgan fingerprint density at radius 3 is 2.38 bits per heavy atom. The summed E-state index contributed by atoms with van der Waals surface area (Å²) in [5.41, 5.74) is 5.54. The summed E-state index contributed by atoms with van der Waals surface area (Å²) in [7, 11) is 0. The first kappa shape index (κ1) is 21.1. The molecule has 1 aromatic heterocycles. The van der Waals surface area contributed by atoms with Gasteiger partial charge in [0.05, 0.1) is 5.56 Å². The molecular formula is C28H25N3O. The number of Topliss-reactive ketones (excluding diaryl/α,β-unsaturated/α-hetero) is 1. The smallest absolute Gasteiger partial charge is 0.205 e. The van der Waals surface area contributed by atoms with Crippen molar-refractivity contribution in [2.45, 2.75) is 20.4 Å². The van der Waals surface area contributed by atoms with E-state index in [1.165, 1.54) is 5.56 Å². The molecule has 0 fully saturated rings. The van der Waals surface area contributed by atoms with Crippen LogP contribution in [-0.4, -0.2) is 17.3 Å². The lowest BCUT2D eigenvalue weighted by molar-refractivity contribution is 0.104. The highest BCUT2D eigenvalue weighted by molar-refractivity contribution is 6.20. The van der Waals surface area contributed by atoms with E-state index >= 15 is 0 Å². The molecule has 1 heterocycles. The number of H-pyrrole nitrogens is 1. The van der Waals surface area contributed by atoms with Crippen LogP contribution >= 0.6 is 0 Å². The fourth-order valence-electron chi connectivity index (χ4n) is 3.99. The fourth-order valence-corrected chi connectivity index (χ4v) is 3.99. The molecular weight excluding hydrogens is 394 g/mol. The summed E-state index contributed by atoms with van der Waals surface area (Å²) in [6, 6.07) is 28.1. The van der Waals surface area contributed by atoms with Crippen molar-refractivity contribution in [1.82, 2.24) is 4.98 Å². The monoisotopic (exact) mass is 419 g/mol. The summed E-state index contributed by atoms with van der Waals surface area (Å²) in [5, 5.41) is 10.5. The number of hydrogen-bond donors (Lipinski definition) is 1. The van der Waals surface area contributed by atoms with Gasteiger partial charge in [-0.3, -0.25) is 4.79 Å². The first-order chi connectivity index (χ1) is 15.6. The van der Waals surface area contributed by atoms with Crippen molar-refractivity contribution < 1.29 is 4.79 Å². The molecule has 3 aromatic carbocycles. The summed E-state index contributed by atoms with van der Waals surface area (Å²) < 4.78 is 0. The first-order valence-electron chi connectivity index (χ1n) is 10.7. The molecule has 0 radical (unpaired) electrons. The molecule has 4 nitrogen and oxygen atoms in total. The number of aryl methyl sites for hydroxylation is 1. The number of ketones is 1. The third kappa shape index (κ3) is 4.33. The molecule has 0 spiro atoms. The Bertz CT molecular complexity index is 1310. The predicted molar refractivity (Wildman–Crippen MR) is 131 cm³/mol. The highest BCUT2D eigenvalue weighted by Crippen LogP contribution is 2.26. The molecule has 4 heteroatoms. The van der Waals surface area contributed by atoms with Crippen molar-refractivity contribution in [2.24, 2.45) is 0 Å². The topological polar surface area (TPSA) is 59.9 Å². The van der Waals surface area contributed by atoms with E-state index < -0.39 is 0 Å². The summed E-state index contributed by atoms with van der Waals surface area (Å²) >= 11 is 0. The van der Waals surface area contributed by atoms with Gasteiger partial charge in [0, 0.05) is 35.4 Å². The van der Waals surface area contributed by atoms with Crippen molar-refractivity contribution in [3.8, 4) is 6.07 Å². The Morgan fingerprint density at radius 2 is 1.69 bits per heavy atom. The van der Waals surface area contributed by atoms with Crippen LogP contribution in [-0.2, 0) is 6.54 Å². The molecule has 0 saturated heterocycles. The van der Waals surface area contributed by atoms with Crippen LogP contribution in [0, 0.1) is 18.3 Å². The number of allylic oxidation sites excluding steroid dienone is 1. The first-order valence-corrected chi connectivity index (χ1v) is 10.7. The van der Waals surface area contributed by atoms with E-state index in [1.54, 1.807) is 6.08 Å². The van der Waals surface area contributed by atoms with Gasteiger partial charge in [0.15, 0.2) is 0 Å². The normalized spacial score (nSPS) is 11.3. The Hall–Kier alpha value is -4.10. The van der Waals surface area contributed by atoms with Crippen LogP contribution < -0.4 is 4.90 Å². The molecule has 0 aliphatic carbocycles. The molecule has 0 amide bonds. The number of aromatic nitrogens is 1. The third-order valence-corrected chi connectivity index (χ3v) is 5.65. The summed E-state index contributed by atoms with van der Waals surface area (Å²) in [5.74, 6) is -0.259. The Balaban J connectivity index is 1.59. The second-order valence-corrected chi connectivity index (χ2v) is 7.76. The zero-order valence-electron chi connectivity index (χ0n) is 18.3. The zero-order chi connectivity index (χ0) is 22.5. The van der Waals surface area contributed by atoms with Crippen molar-refractivity contribution in [3.05, 3.63) is 107 Å². The van der Waals surface area contributed by atoms with Crippen LogP contribution in [0.4, 0.5) is 5.69 Å². The number of rotatable bonds is 7. The van der Waals surface area contributed by atoms with E-state index in [9.17, 15) is 10.1 Å². The lowest BCUT2D eigenvalue weighted by atomic mass is 9.99. The summed E-state index contributed by atoms with van der Waals surface area (Å²) in [6.07, 6.45) is 1.67. The molecule has 0 aliphatic heterocycles. The van der Waals surface area contributed by atoms with Crippen LogP contribution in [0.5, 0.6) is 0 Å². The number of nitriles is 1. The average molecular weight is 420 g/mol. The molecule has 4 rings (SSSR count). The van der Waals surface area contributed by atoms with Gasteiger partial charge >= 0.3 is 0 Å². The minimum absolute atomic E-state index is 0.127. The summed E-state index contributed by atoms with van der Waals surface area (Å²) in [6.45, 7) is 5.70. The van der Waals surface area contributed by atoms with Crippen LogP contribution in [0.25, 0.3) is 17.0 Å². The van der Waals surface area contributed by atoms with Crippen LogP contribution in [0.1, 0.15) is 34.1 Å². The number of para-hydroxylation sites is 1. The Kier molecular flexibility index (Phi) is 6.19. The molecule has 158 valence electrons. The Labute approximate surface area is 188 Å². The van der Waals surface area contributed by atoms with E-state index in [4.69, 9.17) is 0 Å². The summed E-state index contributed by atoms with van der Waals surface area (Å²) in [4.78, 5) is 18.7. The number of nitrogens with zero attached hydrogens (tertiary/aromatic N) is 2. The van der Waals surface area contributed by atoms with Gasteiger partial charge in [0.25, 0.3) is 0 Å². The lowest BCUT2D eigenvalue weighted by Gasteiger charge is -2.23. The second-order valence-electron chi connectivity index (χ2n) is 7.76. The maximum Gasteiger partial charge on any atom is 0.205 e. The molecule has 0 aliphatic rings. The number of hydrogen-bond acceptors (Lipinski definition) is 3. The van der Waals surface area contributed by atoms with Crippen molar-refractivity contribution in [3.63, 3.8) is 0 Å². The van der Waals surface area contributed by atoms with Crippen molar-refractivity contribution in [2.75, 3.05) is 11.4 Å². The van der Waals surface area contributed by atoms with Crippen LogP contribution in [0.2, 0.25) is 0 Å². The average Bonchev–Trinajstić information content (AvgIpc) is 3.17. The molecule has 4 aromatic rings. The van der Waals surface area contributed by atoms with Crippen LogP contribution in [0.15, 0.2) is 84.4 Å². The standard InChI is InChI=1S/C28H25N3O/c1-3-31(19-22-9-5-4-6-10-22)24-15-13-21(14-16-24)17-23(18-29)28(32)27-20(2)30-26-12-8-7-11-25(26)27/h4-17,30H,3,19H2,1-2H3/b23-17+. The number of anilines is 1. The lowest BCUT2D eigenvalue weighted by Crippen LogP contribution is -2.21. The fraction of sp³-hybridized carbons (Fsp3) is 0.143. The molecule has 1 N–H and O–H groups in total. The number of carbonyl (C=O) groups excluding carboxylic acids is 1. The van der Waals surface area contributed by atoms with Gasteiger partial charge < -0.3 is 9.88 Å². The number of benzene rings is 3. The van der Waals surface area contributed by atoms with Gasteiger partial charge in [-0.05, 0) is 49.2 Å². The molecule has 0 saturated carbocycles. The number of nitrogens with one attached hydrogen (secondary N) is 1. The highest BCUT2D eigenvalue weighted by atomic mass is 16.1. The second kappa shape index (κ2) is 9.36. The van der Waals surface area contributed by atoms with E-state index in [-0.39, 0.29) is 11.4 Å². The molecule has 0 atom stereocenters. The maximum absolute atomic E-state index is 13.2. The highest BCUT2D eigenvalue weighted by Gasteiger charge is 2.19. The van der Waals surface area contributed by atoms with Crippen molar-refractivity contribution in [1.29, 1.82) is 5.26 Å². The van der Waals surface area contributed by atoms with Gasteiger partial charge in [-0.1, -0.05) is 60.7 Å². The number of carbonyl (C=O) groups is 1. The maximum atomic E-state index is 13.2. The number of fused-ring (bicyclic) bond motifs is 1. The molecule has 0 bridgehead atoms. The largest absolute Gasteiger partial charge is 0.367 e. The van der Waals surface area contributed by atoms with Gasteiger partial charge in [-0.2, -0.15) is 5.26 Å². The number of aromatic amines is 1. The van der Waals surface area contributed by atoms with Crippen molar-refractivity contribution >= 4 is 28.4 Å². The van der Waals surface area contributed by atoms with Gasteiger partial charge in [-0.15, -0.1) is 0 Å². The van der Waals surface area contributed by atoms with E-state index in [0.717, 1.165) is 40.9 Å². The molecule has 32 heavy (non-hydrogen) atoms. The third-order valence-electron chi connectivity index (χ3n) is 5.65. The van der Waals surface area contributed by atoms with Gasteiger partial charge in [0.1, 0.15) is 11.6 Å². The van der Waals surface area contributed by atoms with E-state index in [0.29, 0.717) is 5.56 Å². The van der Waals surface area contributed by atoms with Gasteiger partial charge in [-0.25, -0.2) is 0 Å². The predicted octanol–water partition coefficient (Wildman–Crippen LogP) is 6.29. The zero-order valence-corrected chi connectivity index (χ0v) is 18.3. The van der Waals surface area contributed by atoms with Crippen LogP contribution in [0.3, 0.4) is 0 Å². The minimum Gasteiger partial charge on any atom is -0.367 e. The quantitative estimate of drug-likeness (QED) is 0.217. The van der Waals surface area contributed by atoms with E-state index in [2.05, 4.69) is 35.0 Å². The molecule has 0 unspecified atom stereocenters. The van der Waals surface area contributed by atoms with Gasteiger partial charge in [0.2, 0.25) is 5.78 Å². The van der Waals surface area contributed by atoms with E-state index in [1.807, 2.05) is 73.7 Å².